The summed E-state index contributed by atoms with van der Waals surface area (Å²) in [4.78, 5) is 1.25. The molecule has 112 valence electrons. The van der Waals surface area contributed by atoms with Gasteiger partial charge in [-0.05, 0) is 48.9 Å². The van der Waals surface area contributed by atoms with Gasteiger partial charge in [0.25, 0.3) is 0 Å². The predicted octanol–water partition coefficient (Wildman–Crippen LogP) is 4.83. The van der Waals surface area contributed by atoms with Gasteiger partial charge in [-0.3, -0.25) is 0 Å². The zero-order valence-corrected chi connectivity index (χ0v) is 13.4. The Balaban J connectivity index is 2.28. The summed E-state index contributed by atoms with van der Waals surface area (Å²) in [5.41, 5.74) is 2.02. The standard InChI is InChI=1S/C18H22FNS/c1-3-12-20-17(13-14-8-4-6-10-16(14)19)15-9-5-7-11-18(15)21-2/h4-11,17,20H,3,12-13H2,1-2H3. The molecule has 0 aliphatic heterocycles. The van der Waals surface area contributed by atoms with Crippen LogP contribution in [-0.4, -0.2) is 12.8 Å². The number of hydrogen-bond acceptors (Lipinski definition) is 2. The van der Waals surface area contributed by atoms with Gasteiger partial charge in [-0.15, -0.1) is 11.8 Å². The van der Waals surface area contributed by atoms with E-state index in [9.17, 15) is 4.39 Å². The maximum atomic E-state index is 13.9. The molecule has 1 unspecified atom stereocenters. The van der Waals surface area contributed by atoms with E-state index in [0.29, 0.717) is 6.42 Å². The number of rotatable bonds is 7. The quantitative estimate of drug-likeness (QED) is 0.735. The molecule has 1 nitrogen and oxygen atoms in total. The van der Waals surface area contributed by atoms with Gasteiger partial charge < -0.3 is 5.32 Å². The molecule has 0 amide bonds. The molecule has 2 aromatic carbocycles. The molecule has 0 saturated heterocycles. The molecule has 3 heteroatoms. The van der Waals surface area contributed by atoms with Gasteiger partial charge in [0.15, 0.2) is 0 Å². The monoisotopic (exact) mass is 303 g/mol. The highest BCUT2D eigenvalue weighted by atomic mass is 32.2. The highest BCUT2D eigenvalue weighted by Gasteiger charge is 2.16. The molecular weight excluding hydrogens is 281 g/mol. The second-order valence-electron chi connectivity index (χ2n) is 5.04. The summed E-state index contributed by atoms with van der Waals surface area (Å²) in [5.74, 6) is -0.123. The van der Waals surface area contributed by atoms with E-state index in [1.165, 1.54) is 16.5 Å². The second kappa shape index (κ2) is 8.20. The lowest BCUT2D eigenvalue weighted by Crippen LogP contribution is -2.25. The van der Waals surface area contributed by atoms with Crippen molar-refractivity contribution in [1.82, 2.24) is 5.32 Å². The Morgan fingerprint density at radius 1 is 1.10 bits per heavy atom. The molecule has 0 radical (unpaired) electrons. The third-order valence-corrected chi connectivity index (χ3v) is 4.35. The van der Waals surface area contributed by atoms with E-state index in [2.05, 4.69) is 42.8 Å². The second-order valence-corrected chi connectivity index (χ2v) is 5.89. The van der Waals surface area contributed by atoms with Gasteiger partial charge in [-0.1, -0.05) is 43.3 Å². The summed E-state index contributed by atoms with van der Waals surface area (Å²) < 4.78 is 13.9. The molecular formula is C18H22FNS. The topological polar surface area (TPSA) is 12.0 Å². The molecule has 0 bridgehead atoms. The SMILES string of the molecule is CCCNC(Cc1ccccc1F)c1ccccc1SC. The van der Waals surface area contributed by atoms with Crippen molar-refractivity contribution in [3.63, 3.8) is 0 Å². The average Bonchev–Trinajstić information content (AvgIpc) is 2.53. The van der Waals surface area contributed by atoms with Gasteiger partial charge in [-0.25, -0.2) is 4.39 Å². The van der Waals surface area contributed by atoms with Crippen LogP contribution in [0, 0.1) is 5.82 Å². The fourth-order valence-electron chi connectivity index (χ4n) is 2.45. The minimum Gasteiger partial charge on any atom is -0.310 e. The van der Waals surface area contributed by atoms with E-state index < -0.39 is 0 Å². The molecule has 0 saturated carbocycles. The first-order valence-corrected chi connectivity index (χ1v) is 8.58. The number of halogens is 1. The van der Waals surface area contributed by atoms with Crippen molar-refractivity contribution in [3.05, 3.63) is 65.5 Å². The lowest BCUT2D eigenvalue weighted by molar-refractivity contribution is 0.507. The summed E-state index contributed by atoms with van der Waals surface area (Å²) in [5, 5.41) is 3.56. The average molecular weight is 303 g/mol. The number of thioether (sulfide) groups is 1. The molecule has 0 aliphatic carbocycles. The van der Waals surface area contributed by atoms with Gasteiger partial charge in [0.2, 0.25) is 0 Å². The fourth-order valence-corrected chi connectivity index (χ4v) is 3.11. The first-order valence-electron chi connectivity index (χ1n) is 7.36. The lowest BCUT2D eigenvalue weighted by Gasteiger charge is -2.21. The summed E-state index contributed by atoms with van der Waals surface area (Å²) in [6, 6.07) is 15.6. The Kier molecular flexibility index (Phi) is 6.27. The maximum Gasteiger partial charge on any atom is 0.126 e. The molecule has 1 N–H and O–H groups in total. The zero-order chi connectivity index (χ0) is 15.1. The smallest absolute Gasteiger partial charge is 0.126 e. The van der Waals surface area contributed by atoms with Crippen molar-refractivity contribution in [2.24, 2.45) is 0 Å². The number of benzene rings is 2. The van der Waals surface area contributed by atoms with Gasteiger partial charge in [0, 0.05) is 10.9 Å². The van der Waals surface area contributed by atoms with E-state index in [1.54, 1.807) is 17.8 Å². The summed E-state index contributed by atoms with van der Waals surface area (Å²) in [6.45, 7) is 3.08. The van der Waals surface area contributed by atoms with Crippen molar-refractivity contribution in [2.75, 3.05) is 12.8 Å². The van der Waals surface area contributed by atoms with Crippen molar-refractivity contribution in [2.45, 2.75) is 30.7 Å². The first-order chi connectivity index (χ1) is 10.3. The normalized spacial score (nSPS) is 12.3. The molecule has 21 heavy (non-hydrogen) atoms. The molecule has 2 aromatic rings. The fraction of sp³-hybridized carbons (Fsp3) is 0.333. The van der Waals surface area contributed by atoms with E-state index in [0.717, 1.165) is 18.5 Å². The molecule has 2 rings (SSSR count). The van der Waals surface area contributed by atoms with Crippen LogP contribution < -0.4 is 5.32 Å². The summed E-state index contributed by atoms with van der Waals surface area (Å²) in [6.07, 6.45) is 3.82. The van der Waals surface area contributed by atoms with Crippen LogP contribution in [0.5, 0.6) is 0 Å². The van der Waals surface area contributed by atoms with Crippen LogP contribution in [0.2, 0.25) is 0 Å². The van der Waals surface area contributed by atoms with Gasteiger partial charge in [0.05, 0.1) is 0 Å². The van der Waals surface area contributed by atoms with Crippen LogP contribution in [-0.2, 0) is 6.42 Å². The van der Waals surface area contributed by atoms with E-state index in [1.807, 2.05) is 12.1 Å². The van der Waals surface area contributed by atoms with Crippen LogP contribution in [0.4, 0.5) is 4.39 Å². The van der Waals surface area contributed by atoms with E-state index >= 15 is 0 Å². The number of hydrogen-bond donors (Lipinski definition) is 1. The highest BCUT2D eigenvalue weighted by Crippen LogP contribution is 2.28. The molecule has 0 aliphatic rings. The van der Waals surface area contributed by atoms with Crippen LogP contribution in [0.1, 0.15) is 30.5 Å². The largest absolute Gasteiger partial charge is 0.310 e. The number of nitrogens with one attached hydrogen (secondary N) is 1. The van der Waals surface area contributed by atoms with Crippen LogP contribution in [0.15, 0.2) is 53.4 Å². The first kappa shape index (κ1) is 16.1. The van der Waals surface area contributed by atoms with Gasteiger partial charge in [-0.2, -0.15) is 0 Å². The Morgan fingerprint density at radius 3 is 2.52 bits per heavy atom. The predicted molar refractivity (Wildman–Crippen MR) is 89.4 cm³/mol. The Labute approximate surface area is 131 Å². The van der Waals surface area contributed by atoms with Crippen molar-refractivity contribution >= 4 is 11.8 Å². The molecule has 0 spiro atoms. The minimum absolute atomic E-state index is 0.123. The molecule has 1 atom stereocenters. The van der Waals surface area contributed by atoms with Crippen LogP contribution in [0.3, 0.4) is 0 Å². The van der Waals surface area contributed by atoms with E-state index in [4.69, 9.17) is 0 Å². The highest BCUT2D eigenvalue weighted by molar-refractivity contribution is 7.98. The zero-order valence-electron chi connectivity index (χ0n) is 12.6. The molecule has 0 heterocycles. The lowest BCUT2D eigenvalue weighted by atomic mass is 9.98. The van der Waals surface area contributed by atoms with Crippen molar-refractivity contribution < 1.29 is 4.39 Å². The molecule has 0 aromatic heterocycles. The van der Waals surface area contributed by atoms with Crippen LogP contribution in [0.25, 0.3) is 0 Å². The molecule has 0 fully saturated rings. The third kappa shape index (κ3) is 4.32. The maximum absolute atomic E-state index is 13.9. The van der Waals surface area contributed by atoms with Gasteiger partial charge in [0.1, 0.15) is 5.82 Å². The van der Waals surface area contributed by atoms with Gasteiger partial charge >= 0.3 is 0 Å². The van der Waals surface area contributed by atoms with E-state index in [-0.39, 0.29) is 11.9 Å². The third-order valence-electron chi connectivity index (χ3n) is 3.54. The Morgan fingerprint density at radius 2 is 1.81 bits per heavy atom. The summed E-state index contributed by atoms with van der Waals surface area (Å²) in [7, 11) is 0. The van der Waals surface area contributed by atoms with Crippen molar-refractivity contribution in [1.29, 1.82) is 0 Å². The van der Waals surface area contributed by atoms with Crippen molar-refractivity contribution in [3.8, 4) is 0 Å². The Bertz CT molecular complexity index is 571. The minimum atomic E-state index is -0.123. The van der Waals surface area contributed by atoms with Crippen LogP contribution >= 0.6 is 11.8 Å². The Hall–Kier alpha value is -1.32. The summed E-state index contributed by atoms with van der Waals surface area (Å²) >= 11 is 1.74.